The zero-order chi connectivity index (χ0) is 35.6. The van der Waals surface area contributed by atoms with E-state index in [0.717, 1.165) is 24.2 Å². The van der Waals surface area contributed by atoms with Gasteiger partial charge in [0, 0.05) is 23.2 Å². The number of hydrogen-bond donors (Lipinski definition) is 2. The van der Waals surface area contributed by atoms with Crippen molar-refractivity contribution in [3.63, 3.8) is 0 Å². The van der Waals surface area contributed by atoms with Crippen LogP contribution in [0.5, 0.6) is 0 Å². The van der Waals surface area contributed by atoms with E-state index in [2.05, 4.69) is 113 Å². The van der Waals surface area contributed by atoms with Crippen LogP contribution in [0.25, 0.3) is 0 Å². The monoisotopic (exact) mass is 673 g/mol. The number of rotatable bonds is 23. The van der Waals surface area contributed by atoms with E-state index >= 15 is 0 Å². The van der Waals surface area contributed by atoms with Crippen LogP contribution in [0.1, 0.15) is 173 Å². The van der Waals surface area contributed by atoms with E-state index in [1.54, 1.807) is 0 Å². The Bertz CT molecular complexity index is 1400. The van der Waals surface area contributed by atoms with E-state index in [9.17, 15) is 0 Å². The van der Waals surface area contributed by atoms with Crippen molar-refractivity contribution in [3.05, 3.63) is 129 Å². The van der Waals surface area contributed by atoms with Crippen molar-refractivity contribution < 1.29 is 0 Å². The molecule has 0 aliphatic heterocycles. The first-order valence-corrected chi connectivity index (χ1v) is 20.3. The number of nitrogen functional groups attached to an aromatic ring is 2. The van der Waals surface area contributed by atoms with Gasteiger partial charge in [0.05, 0.1) is 0 Å². The second kappa shape index (κ2) is 21.6. The first-order valence-electron chi connectivity index (χ1n) is 20.3. The summed E-state index contributed by atoms with van der Waals surface area (Å²) in [6, 6.07) is 32.0. The number of benzene rings is 4. The number of anilines is 2. The van der Waals surface area contributed by atoms with Crippen LogP contribution in [0, 0.1) is 13.8 Å². The molecule has 4 aromatic rings. The van der Waals surface area contributed by atoms with Gasteiger partial charge in [0.2, 0.25) is 0 Å². The maximum atomic E-state index is 6.14. The van der Waals surface area contributed by atoms with Gasteiger partial charge >= 0.3 is 0 Å². The summed E-state index contributed by atoms with van der Waals surface area (Å²) in [5, 5.41) is 0. The van der Waals surface area contributed by atoms with Crippen LogP contribution in [0.2, 0.25) is 0 Å². The molecule has 270 valence electrons. The molecule has 0 aliphatic carbocycles. The Labute approximate surface area is 306 Å². The van der Waals surface area contributed by atoms with E-state index in [1.807, 2.05) is 0 Å². The first kappa shape index (κ1) is 39.3. The summed E-state index contributed by atoms with van der Waals surface area (Å²) in [5.41, 5.74) is 25.2. The summed E-state index contributed by atoms with van der Waals surface area (Å²) in [5.74, 6) is 0.845. The molecule has 4 aromatic carbocycles. The van der Waals surface area contributed by atoms with Gasteiger partial charge < -0.3 is 11.5 Å². The second-order valence-electron chi connectivity index (χ2n) is 15.1. The molecule has 0 fully saturated rings. The van der Waals surface area contributed by atoms with Crippen molar-refractivity contribution in [2.24, 2.45) is 0 Å². The molecule has 0 aromatic heterocycles. The Kier molecular flexibility index (Phi) is 17.0. The predicted octanol–water partition coefficient (Wildman–Crippen LogP) is 13.8. The molecule has 0 spiro atoms. The third kappa shape index (κ3) is 12.7. The number of nitrogens with two attached hydrogens (primary N) is 2. The van der Waals surface area contributed by atoms with E-state index in [1.165, 1.54) is 147 Å². The van der Waals surface area contributed by atoms with E-state index < -0.39 is 0 Å². The fourth-order valence-electron chi connectivity index (χ4n) is 7.92. The van der Waals surface area contributed by atoms with Crippen molar-refractivity contribution in [2.45, 2.75) is 155 Å². The van der Waals surface area contributed by atoms with Crippen molar-refractivity contribution in [1.82, 2.24) is 0 Å². The Morgan fingerprint density at radius 2 is 0.760 bits per heavy atom. The number of unbranched alkanes of at least 4 members (excludes halogenated alkanes) is 12. The molecule has 0 radical (unpaired) electrons. The number of aryl methyl sites for hydroxylation is 4. The minimum atomic E-state index is 0.423. The lowest BCUT2D eigenvalue weighted by Crippen LogP contribution is -2.05. The molecule has 4 rings (SSSR count). The zero-order valence-corrected chi connectivity index (χ0v) is 32.1. The molecule has 2 atom stereocenters. The highest BCUT2D eigenvalue weighted by molar-refractivity contribution is 5.49. The van der Waals surface area contributed by atoms with Crippen molar-refractivity contribution in [2.75, 3.05) is 11.5 Å². The molecule has 0 amide bonds. The molecular formula is C48H68N2. The normalized spacial score (nSPS) is 12.6. The lowest BCUT2D eigenvalue weighted by Gasteiger charge is -2.21. The maximum Gasteiger partial charge on any atom is 0.0316 e. The highest BCUT2D eigenvalue weighted by Gasteiger charge is 2.18. The van der Waals surface area contributed by atoms with Crippen LogP contribution in [0.15, 0.2) is 84.9 Å². The van der Waals surface area contributed by atoms with E-state index in [4.69, 9.17) is 11.5 Å². The van der Waals surface area contributed by atoms with Gasteiger partial charge in [0.1, 0.15) is 0 Å². The maximum absolute atomic E-state index is 6.14. The smallest absolute Gasteiger partial charge is 0.0316 e. The molecule has 0 aliphatic rings. The fourth-order valence-corrected chi connectivity index (χ4v) is 7.92. The number of hydrogen-bond acceptors (Lipinski definition) is 2. The van der Waals surface area contributed by atoms with Crippen LogP contribution < -0.4 is 11.5 Å². The lowest BCUT2D eigenvalue weighted by atomic mass is 9.83. The standard InChI is InChI=1S/C48H68N2/c1-5-7-9-11-13-15-17-19-47(45-33-31-43(49)35-37(45)3)41-27-23-39(24-28-41)21-22-40-25-29-42(30-26-40)48(20-18-16-14-12-10-8-6-2)46-34-32-44(50)36-38(46)4/h23-36,47-48H,5-22,49-50H2,1-4H3. The van der Waals surface area contributed by atoms with Crippen molar-refractivity contribution in [3.8, 4) is 0 Å². The molecule has 0 saturated carbocycles. The van der Waals surface area contributed by atoms with Gasteiger partial charge in [0.15, 0.2) is 0 Å². The molecule has 2 heteroatoms. The lowest BCUT2D eigenvalue weighted by molar-refractivity contribution is 0.558. The molecule has 0 bridgehead atoms. The van der Waals surface area contributed by atoms with Crippen molar-refractivity contribution in [1.29, 1.82) is 0 Å². The summed E-state index contributed by atoms with van der Waals surface area (Å²) < 4.78 is 0. The third-order valence-corrected chi connectivity index (χ3v) is 11.0. The highest BCUT2D eigenvalue weighted by Crippen LogP contribution is 2.35. The largest absolute Gasteiger partial charge is 0.399 e. The summed E-state index contributed by atoms with van der Waals surface area (Å²) >= 11 is 0. The van der Waals surface area contributed by atoms with E-state index in [0.29, 0.717) is 11.8 Å². The summed E-state index contributed by atoms with van der Waals surface area (Å²) in [7, 11) is 0. The predicted molar refractivity (Wildman–Crippen MR) is 220 cm³/mol. The molecule has 4 N–H and O–H groups in total. The SMILES string of the molecule is CCCCCCCCCC(c1ccc(CCc2ccc(C(CCCCCCCCC)c3ccc(N)cc3C)cc2)cc1)c1ccc(N)cc1C. The molecular weight excluding hydrogens is 605 g/mol. The molecule has 0 heterocycles. The van der Waals surface area contributed by atoms with Gasteiger partial charge in [-0.05, 0) is 108 Å². The van der Waals surface area contributed by atoms with Crippen LogP contribution >= 0.6 is 0 Å². The molecule has 50 heavy (non-hydrogen) atoms. The summed E-state index contributed by atoms with van der Waals surface area (Å²) in [6.45, 7) is 9.02. The van der Waals surface area contributed by atoms with Crippen LogP contribution in [-0.4, -0.2) is 0 Å². The van der Waals surface area contributed by atoms with Crippen LogP contribution in [0.3, 0.4) is 0 Å². The summed E-state index contributed by atoms with van der Waals surface area (Å²) in [6.07, 6.45) is 23.3. The van der Waals surface area contributed by atoms with Crippen LogP contribution in [0.4, 0.5) is 11.4 Å². The average Bonchev–Trinajstić information content (AvgIpc) is 3.11. The minimum absolute atomic E-state index is 0.423. The fraction of sp³-hybridized carbons (Fsp3) is 0.500. The van der Waals surface area contributed by atoms with Gasteiger partial charge in [-0.3, -0.25) is 0 Å². The molecule has 2 nitrogen and oxygen atoms in total. The van der Waals surface area contributed by atoms with Crippen molar-refractivity contribution >= 4 is 11.4 Å². The van der Waals surface area contributed by atoms with Gasteiger partial charge in [-0.25, -0.2) is 0 Å². The Morgan fingerprint density at radius 3 is 1.10 bits per heavy atom. The van der Waals surface area contributed by atoms with E-state index in [-0.39, 0.29) is 0 Å². The van der Waals surface area contributed by atoms with Gasteiger partial charge in [-0.15, -0.1) is 0 Å². The first-order chi connectivity index (χ1) is 24.4. The zero-order valence-electron chi connectivity index (χ0n) is 32.1. The van der Waals surface area contributed by atoms with Gasteiger partial charge in [-0.1, -0.05) is 164 Å². The quantitative estimate of drug-likeness (QED) is 0.0608. The average molecular weight is 673 g/mol. The third-order valence-electron chi connectivity index (χ3n) is 11.0. The molecule has 0 saturated heterocycles. The Balaban J connectivity index is 1.38. The molecule has 2 unspecified atom stereocenters. The van der Waals surface area contributed by atoms with Gasteiger partial charge in [0.25, 0.3) is 0 Å². The Morgan fingerprint density at radius 1 is 0.420 bits per heavy atom. The second-order valence-corrected chi connectivity index (χ2v) is 15.1. The highest BCUT2D eigenvalue weighted by atomic mass is 14.5. The topological polar surface area (TPSA) is 52.0 Å². The summed E-state index contributed by atoms with van der Waals surface area (Å²) in [4.78, 5) is 0. The van der Waals surface area contributed by atoms with Gasteiger partial charge in [-0.2, -0.15) is 0 Å². The van der Waals surface area contributed by atoms with Crippen LogP contribution in [-0.2, 0) is 12.8 Å². The Hall–Kier alpha value is -3.52. The minimum Gasteiger partial charge on any atom is -0.399 e.